The zero-order chi connectivity index (χ0) is 12.5. The third kappa shape index (κ3) is 2.05. The fourth-order valence-corrected chi connectivity index (χ4v) is 1.95. The number of H-pyrrole nitrogens is 1. The highest BCUT2D eigenvalue weighted by Gasteiger charge is 2.05. The van der Waals surface area contributed by atoms with Gasteiger partial charge in [-0.3, -0.25) is 0 Å². The third-order valence-corrected chi connectivity index (χ3v) is 2.83. The highest BCUT2D eigenvalue weighted by atomic mass is 16.3. The van der Waals surface area contributed by atoms with E-state index in [2.05, 4.69) is 15.0 Å². The van der Waals surface area contributed by atoms with E-state index in [9.17, 15) is 5.11 Å². The number of hydrogen-bond donors (Lipinski definition) is 2. The Balaban J connectivity index is 1.92. The number of nitrogens with zero attached hydrogens (tertiary/aromatic N) is 2. The van der Waals surface area contributed by atoms with Crippen molar-refractivity contribution in [1.29, 1.82) is 0 Å². The number of phenolic OH excluding ortho intramolecular Hbond substituents is 1. The van der Waals surface area contributed by atoms with Crippen molar-refractivity contribution in [2.45, 2.75) is 13.3 Å². The molecule has 0 spiro atoms. The molecule has 2 aromatic heterocycles. The molecule has 2 N–H and O–H groups in total. The average molecular weight is 239 g/mol. The number of rotatable bonds is 2. The Hall–Kier alpha value is -2.36. The Morgan fingerprint density at radius 3 is 2.78 bits per heavy atom. The fraction of sp³-hybridized carbons (Fsp3) is 0.143. The van der Waals surface area contributed by atoms with Crippen molar-refractivity contribution in [3.05, 3.63) is 53.5 Å². The average Bonchev–Trinajstić information content (AvgIpc) is 2.73. The Morgan fingerprint density at radius 2 is 2.00 bits per heavy atom. The van der Waals surface area contributed by atoms with Crippen LogP contribution in [0.25, 0.3) is 11.2 Å². The SMILES string of the molecule is Cc1cnc2nc(Cc3ccc(O)cc3)[nH]c2c1. The molecule has 0 atom stereocenters. The largest absolute Gasteiger partial charge is 0.508 e. The molecule has 2 heterocycles. The zero-order valence-electron chi connectivity index (χ0n) is 10.0. The Kier molecular flexibility index (Phi) is 2.48. The van der Waals surface area contributed by atoms with Crippen LogP contribution in [0.1, 0.15) is 17.0 Å². The standard InChI is InChI=1S/C14H13N3O/c1-9-6-12-14(15-8-9)17-13(16-12)7-10-2-4-11(18)5-3-10/h2-6,8,18H,7H2,1H3,(H,15,16,17). The van der Waals surface area contributed by atoms with Gasteiger partial charge in [0.2, 0.25) is 0 Å². The predicted octanol–water partition coefficient (Wildman–Crippen LogP) is 2.56. The number of benzene rings is 1. The molecule has 3 aromatic rings. The lowest BCUT2D eigenvalue weighted by Crippen LogP contribution is -1.89. The molecule has 0 aliphatic heterocycles. The van der Waals surface area contributed by atoms with Gasteiger partial charge in [0.15, 0.2) is 5.65 Å². The van der Waals surface area contributed by atoms with E-state index in [4.69, 9.17) is 0 Å². The smallest absolute Gasteiger partial charge is 0.177 e. The molecular weight excluding hydrogens is 226 g/mol. The molecule has 4 heteroatoms. The molecule has 1 aromatic carbocycles. The van der Waals surface area contributed by atoms with Gasteiger partial charge in [0.25, 0.3) is 0 Å². The molecule has 0 saturated carbocycles. The quantitative estimate of drug-likeness (QED) is 0.722. The second-order valence-electron chi connectivity index (χ2n) is 4.41. The van der Waals surface area contributed by atoms with Gasteiger partial charge in [0, 0.05) is 12.6 Å². The molecular formula is C14H13N3O. The summed E-state index contributed by atoms with van der Waals surface area (Å²) in [5.41, 5.74) is 3.92. The van der Waals surface area contributed by atoms with Crippen molar-refractivity contribution in [2.24, 2.45) is 0 Å². The molecule has 4 nitrogen and oxygen atoms in total. The minimum Gasteiger partial charge on any atom is -0.508 e. The van der Waals surface area contributed by atoms with Crippen LogP contribution in [-0.4, -0.2) is 20.1 Å². The monoisotopic (exact) mass is 239 g/mol. The van der Waals surface area contributed by atoms with Crippen molar-refractivity contribution < 1.29 is 5.11 Å². The van der Waals surface area contributed by atoms with Crippen LogP contribution in [0.2, 0.25) is 0 Å². The molecule has 0 aliphatic rings. The van der Waals surface area contributed by atoms with E-state index in [1.807, 2.05) is 31.3 Å². The summed E-state index contributed by atoms with van der Waals surface area (Å²) >= 11 is 0. The summed E-state index contributed by atoms with van der Waals surface area (Å²) in [7, 11) is 0. The van der Waals surface area contributed by atoms with Crippen LogP contribution in [0.15, 0.2) is 36.5 Å². The van der Waals surface area contributed by atoms with E-state index in [1.165, 1.54) is 0 Å². The fourth-order valence-electron chi connectivity index (χ4n) is 1.95. The van der Waals surface area contributed by atoms with Gasteiger partial charge in [-0.2, -0.15) is 0 Å². The summed E-state index contributed by atoms with van der Waals surface area (Å²) < 4.78 is 0. The molecule has 3 rings (SSSR count). The minimum absolute atomic E-state index is 0.278. The Labute approximate surface area is 104 Å². The number of imidazole rings is 1. The lowest BCUT2D eigenvalue weighted by atomic mass is 10.1. The van der Waals surface area contributed by atoms with Gasteiger partial charge < -0.3 is 10.1 Å². The summed E-state index contributed by atoms with van der Waals surface area (Å²) in [6, 6.07) is 9.18. The summed E-state index contributed by atoms with van der Waals surface area (Å²) in [5.74, 6) is 1.16. The molecule has 0 unspecified atom stereocenters. The van der Waals surface area contributed by atoms with Crippen LogP contribution in [-0.2, 0) is 6.42 Å². The van der Waals surface area contributed by atoms with Crippen molar-refractivity contribution in [3.8, 4) is 5.75 Å². The number of hydrogen-bond acceptors (Lipinski definition) is 3. The van der Waals surface area contributed by atoms with Gasteiger partial charge in [-0.1, -0.05) is 12.1 Å². The third-order valence-electron chi connectivity index (χ3n) is 2.83. The van der Waals surface area contributed by atoms with Crippen LogP contribution < -0.4 is 0 Å². The van der Waals surface area contributed by atoms with Gasteiger partial charge in [0.1, 0.15) is 11.6 Å². The maximum atomic E-state index is 9.23. The van der Waals surface area contributed by atoms with Gasteiger partial charge in [-0.25, -0.2) is 9.97 Å². The molecule has 18 heavy (non-hydrogen) atoms. The van der Waals surface area contributed by atoms with E-state index in [1.54, 1.807) is 12.1 Å². The second-order valence-corrected chi connectivity index (χ2v) is 4.41. The number of fused-ring (bicyclic) bond motifs is 1. The zero-order valence-corrected chi connectivity index (χ0v) is 10.0. The Bertz CT molecular complexity index is 686. The van der Waals surface area contributed by atoms with Crippen LogP contribution in [0.4, 0.5) is 0 Å². The molecule has 0 fully saturated rings. The summed E-state index contributed by atoms with van der Waals surface area (Å²) in [6.45, 7) is 2.01. The van der Waals surface area contributed by atoms with Crippen LogP contribution in [0, 0.1) is 6.92 Å². The van der Waals surface area contributed by atoms with E-state index in [-0.39, 0.29) is 5.75 Å². The summed E-state index contributed by atoms with van der Waals surface area (Å²) in [6.07, 6.45) is 2.52. The van der Waals surface area contributed by atoms with Crippen molar-refractivity contribution in [2.75, 3.05) is 0 Å². The van der Waals surface area contributed by atoms with Crippen molar-refractivity contribution in [3.63, 3.8) is 0 Å². The van der Waals surface area contributed by atoms with Crippen LogP contribution in [0.5, 0.6) is 5.75 Å². The van der Waals surface area contributed by atoms with Gasteiger partial charge >= 0.3 is 0 Å². The summed E-state index contributed by atoms with van der Waals surface area (Å²) in [4.78, 5) is 12.0. The highest BCUT2D eigenvalue weighted by Crippen LogP contribution is 2.15. The first-order valence-electron chi connectivity index (χ1n) is 5.80. The van der Waals surface area contributed by atoms with Crippen molar-refractivity contribution in [1.82, 2.24) is 15.0 Å². The molecule has 0 aliphatic carbocycles. The van der Waals surface area contributed by atoms with E-state index in [0.717, 1.165) is 28.1 Å². The number of aromatic nitrogens is 3. The summed E-state index contributed by atoms with van der Waals surface area (Å²) in [5, 5.41) is 9.23. The topological polar surface area (TPSA) is 61.8 Å². The maximum Gasteiger partial charge on any atom is 0.177 e. The molecule has 0 amide bonds. The number of aromatic hydroxyl groups is 1. The molecule has 90 valence electrons. The minimum atomic E-state index is 0.278. The number of aromatic amines is 1. The first-order chi connectivity index (χ1) is 8.70. The number of pyridine rings is 1. The number of phenols is 1. The second kappa shape index (κ2) is 4.14. The van der Waals surface area contributed by atoms with Gasteiger partial charge in [0.05, 0.1) is 5.52 Å². The normalized spacial score (nSPS) is 10.9. The lowest BCUT2D eigenvalue weighted by molar-refractivity contribution is 0.475. The molecule has 0 bridgehead atoms. The van der Waals surface area contributed by atoms with Gasteiger partial charge in [-0.05, 0) is 36.2 Å². The first kappa shape index (κ1) is 10.8. The van der Waals surface area contributed by atoms with Crippen LogP contribution >= 0.6 is 0 Å². The highest BCUT2D eigenvalue weighted by molar-refractivity contribution is 5.71. The molecule has 0 saturated heterocycles. The first-order valence-corrected chi connectivity index (χ1v) is 5.80. The Morgan fingerprint density at radius 1 is 1.22 bits per heavy atom. The number of nitrogens with one attached hydrogen (secondary N) is 1. The lowest BCUT2D eigenvalue weighted by Gasteiger charge is -1.97. The van der Waals surface area contributed by atoms with E-state index < -0.39 is 0 Å². The van der Waals surface area contributed by atoms with Gasteiger partial charge in [-0.15, -0.1) is 0 Å². The number of aryl methyl sites for hydroxylation is 1. The van der Waals surface area contributed by atoms with Crippen LogP contribution in [0.3, 0.4) is 0 Å². The van der Waals surface area contributed by atoms with E-state index >= 15 is 0 Å². The van der Waals surface area contributed by atoms with Crippen molar-refractivity contribution >= 4 is 11.2 Å². The maximum absolute atomic E-state index is 9.23. The predicted molar refractivity (Wildman–Crippen MR) is 69.5 cm³/mol. The molecule has 0 radical (unpaired) electrons. The van der Waals surface area contributed by atoms with E-state index in [0.29, 0.717) is 6.42 Å².